The molecular formula is C14H21ClN2. The summed E-state index contributed by atoms with van der Waals surface area (Å²) in [5.74, 6) is 0.758. The standard InChI is InChI=1S/C14H21ClN2/c1-11(13-6-2-3-7-14(13)15)17-10-12-5-4-8-16-9-12/h2-3,6-7,11-12,16-17H,4-5,8-10H2,1H3/t11-,12?/m1/s1. The first-order valence-corrected chi connectivity index (χ1v) is 6.83. The second kappa shape index (κ2) is 6.39. The molecule has 17 heavy (non-hydrogen) atoms. The van der Waals surface area contributed by atoms with Crippen LogP contribution >= 0.6 is 11.6 Å². The Kier molecular flexibility index (Phi) is 4.84. The Labute approximate surface area is 109 Å². The topological polar surface area (TPSA) is 24.1 Å². The molecule has 2 N–H and O–H groups in total. The van der Waals surface area contributed by atoms with Crippen LogP contribution in [0.5, 0.6) is 0 Å². The number of benzene rings is 1. The van der Waals surface area contributed by atoms with Crippen molar-refractivity contribution in [2.75, 3.05) is 19.6 Å². The molecular weight excluding hydrogens is 232 g/mol. The van der Waals surface area contributed by atoms with E-state index in [4.69, 9.17) is 11.6 Å². The summed E-state index contributed by atoms with van der Waals surface area (Å²) in [5.41, 5.74) is 1.19. The summed E-state index contributed by atoms with van der Waals surface area (Å²) >= 11 is 6.19. The fourth-order valence-corrected chi connectivity index (χ4v) is 2.68. The van der Waals surface area contributed by atoms with Gasteiger partial charge in [0.15, 0.2) is 0 Å². The molecule has 0 aromatic heterocycles. The lowest BCUT2D eigenvalue weighted by Gasteiger charge is -2.25. The van der Waals surface area contributed by atoms with Gasteiger partial charge in [-0.25, -0.2) is 0 Å². The van der Waals surface area contributed by atoms with Crippen molar-refractivity contribution in [2.45, 2.75) is 25.8 Å². The number of rotatable bonds is 4. The predicted molar refractivity (Wildman–Crippen MR) is 73.5 cm³/mol. The van der Waals surface area contributed by atoms with Gasteiger partial charge in [0.1, 0.15) is 0 Å². The van der Waals surface area contributed by atoms with Gasteiger partial charge in [0.05, 0.1) is 0 Å². The molecule has 94 valence electrons. The molecule has 1 aromatic rings. The molecule has 1 saturated heterocycles. The zero-order valence-corrected chi connectivity index (χ0v) is 11.1. The van der Waals surface area contributed by atoms with Crippen molar-refractivity contribution < 1.29 is 0 Å². The number of halogens is 1. The van der Waals surface area contributed by atoms with Gasteiger partial charge in [-0.15, -0.1) is 0 Å². The Balaban J connectivity index is 1.84. The smallest absolute Gasteiger partial charge is 0.0453 e. The highest BCUT2D eigenvalue weighted by Crippen LogP contribution is 2.22. The maximum Gasteiger partial charge on any atom is 0.0453 e. The average Bonchev–Trinajstić information content (AvgIpc) is 2.38. The normalized spacial score (nSPS) is 22.4. The third-order valence-electron chi connectivity index (χ3n) is 3.48. The van der Waals surface area contributed by atoms with E-state index in [-0.39, 0.29) is 0 Å². The molecule has 3 heteroatoms. The summed E-state index contributed by atoms with van der Waals surface area (Å²) in [6, 6.07) is 8.40. The molecule has 1 fully saturated rings. The summed E-state index contributed by atoms with van der Waals surface area (Å²) < 4.78 is 0. The molecule has 0 amide bonds. The Bertz CT molecular complexity index is 348. The van der Waals surface area contributed by atoms with Gasteiger partial charge in [0.2, 0.25) is 0 Å². The second-order valence-corrected chi connectivity index (χ2v) is 5.27. The third-order valence-corrected chi connectivity index (χ3v) is 3.83. The Morgan fingerprint density at radius 3 is 3.00 bits per heavy atom. The monoisotopic (exact) mass is 252 g/mol. The number of hydrogen-bond acceptors (Lipinski definition) is 2. The van der Waals surface area contributed by atoms with E-state index in [1.54, 1.807) is 0 Å². The highest BCUT2D eigenvalue weighted by molar-refractivity contribution is 6.31. The highest BCUT2D eigenvalue weighted by Gasteiger charge is 2.15. The lowest BCUT2D eigenvalue weighted by atomic mass is 9.99. The van der Waals surface area contributed by atoms with Gasteiger partial charge in [0.25, 0.3) is 0 Å². The molecule has 0 radical (unpaired) electrons. The minimum absolute atomic E-state index is 0.325. The summed E-state index contributed by atoms with van der Waals surface area (Å²) in [6.45, 7) is 5.57. The van der Waals surface area contributed by atoms with Crippen LogP contribution in [0.2, 0.25) is 5.02 Å². The summed E-state index contributed by atoms with van der Waals surface area (Å²) in [7, 11) is 0. The lowest BCUT2D eigenvalue weighted by molar-refractivity contribution is 0.348. The van der Waals surface area contributed by atoms with Crippen LogP contribution in [-0.2, 0) is 0 Å². The first-order valence-electron chi connectivity index (χ1n) is 6.46. The molecule has 1 aliphatic rings. The van der Waals surface area contributed by atoms with Gasteiger partial charge in [-0.1, -0.05) is 29.8 Å². The van der Waals surface area contributed by atoms with Crippen LogP contribution in [0.3, 0.4) is 0 Å². The first kappa shape index (κ1) is 12.9. The van der Waals surface area contributed by atoms with Crippen LogP contribution in [0.25, 0.3) is 0 Å². The van der Waals surface area contributed by atoms with E-state index in [9.17, 15) is 0 Å². The molecule has 0 bridgehead atoms. The molecule has 2 atom stereocenters. The third kappa shape index (κ3) is 3.70. The number of hydrogen-bond donors (Lipinski definition) is 2. The van der Waals surface area contributed by atoms with Crippen LogP contribution in [0.15, 0.2) is 24.3 Å². The summed E-state index contributed by atoms with van der Waals surface area (Å²) in [4.78, 5) is 0. The Morgan fingerprint density at radius 2 is 2.29 bits per heavy atom. The summed E-state index contributed by atoms with van der Waals surface area (Å²) in [5, 5.41) is 7.88. The van der Waals surface area contributed by atoms with Crippen molar-refractivity contribution >= 4 is 11.6 Å². The van der Waals surface area contributed by atoms with Crippen LogP contribution in [0.4, 0.5) is 0 Å². The van der Waals surface area contributed by atoms with Crippen molar-refractivity contribution in [1.82, 2.24) is 10.6 Å². The highest BCUT2D eigenvalue weighted by atomic mass is 35.5. The predicted octanol–water partition coefficient (Wildman–Crippen LogP) is 2.99. The molecule has 1 aliphatic heterocycles. The zero-order chi connectivity index (χ0) is 12.1. The first-order chi connectivity index (χ1) is 8.27. The van der Waals surface area contributed by atoms with Gasteiger partial charge >= 0.3 is 0 Å². The minimum Gasteiger partial charge on any atom is -0.316 e. The zero-order valence-electron chi connectivity index (χ0n) is 10.4. The molecule has 1 unspecified atom stereocenters. The van der Waals surface area contributed by atoms with Crippen LogP contribution < -0.4 is 10.6 Å². The van der Waals surface area contributed by atoms with Crippen molar-refractivity contribution in [1.29, 1.82) is 0 Å². The molecule has 0 spiro atoms. The molecule has 1 heterocycles. The minimum atomic E-state index is 0.325. The Hall–Kier alpha value is -0.570. The maximum absolute atomic E-state index is 6.19. The maximum atomic E-state index is 6.19. The van der Waals surface area contributed by atoms with Crippen LogP contribution in [-0.4, -0.2) is 19.6 Å². The molecule has 2 nitrogen and oxygen atoms in total. The van der Waals surface area contributed by atoms with Gasteiger partial charge in [-0.2, -0.15) is 0 Å². The van der Waals surface area contributed by atoms with Gasteiger partial charge < -0.3 is 10.6 Å². The quantitative estimate of drug-likeness (QED) is 0.861. The van der Waals surface area contributed by atoms with Crippen LogP contribution in [0, 0.1) is 5.92 Å². The second-order valence-electron chi connectivity index (χ2n) is 4.86. The van der Waals surface area contributed by atoms with E-state index in [0.29, 0.717) is 6.04 Å². The van der Waals surface area contributed by atoms with E-state index < -0.39 is 0 Å². The van der Waals surface area contributed by atoms with E-state index >= 15 is 0 Å². The van der Waals surface area contributed by atoms with E-state index in [1.165, 1.54) is 24.9 Å². The number of piperidine rings is 1. The van der Waals surface area contributed by atoms with Crippen molar-refractivity contribution in [3.63, 3.8) is 0 Å². The average molecular weight is 253 g/mol. The van der Waals surface area contributed by atoms with Gasteiger partial charge in [0, 0.05) is 11.1 Å². The van der Waals surface area contributed by atoms with Gasteiger partial charge in [-0.05, 0) is 56.9 Å². The summed E-state index contributed by atoms with van der Waals surface area (Å²) in [6.07, 6.45) is 2.63. The lowest BCUT2D eigenvalue weighted by Crippen LogP contribution is -2.36. The van der Waals surface area contributed by atoms with E-state index in [0.717, 1.165) is 24.0 Å². The Morgan fingerprint density at radius 1 is 1.47 bits per heavy atom. The molecule has 0 aliphatic carbocycles. The molecule has 0 saturated carbocycles. The van der Waals surface area contributed by atoms with Crippen molar-refractivity contribution in [3.05, 3.63) is 34.9 Å². The van der Waals surface area contributed by atoms with E-state index in [2.05, 4.69) is 23.6 Å². The van der Waals surface area contributed by atoms with Gasteiger partial charge in [-0.3, -0.25) is 0 Å². The SMILES string of the molecule is C[C@@H](NCC1CCCNC1)c1ccccc1Cl. The number of nitrogens with one attached hydrogen (secondary N) is 2. The largest absolute Gasteiger partial charge is 0.316 e. The molecule has 2 rings (SSSR count). The van der Waals surface area contributed by atoms with Crippen LogP contribution in [0.1, 0.15) is 31.4 Å². The van der Waals surface area contributed by atoms with Crippen molar-refractivity contribution in [3.8, 4) is 0 Å². The fraction of sp³-hybridized carbons (Fsp3) is 0.571. The van der Waals surface area contributed by atoms with Crippen molar-refractivity contribution in [2.24, 2.45) is 5.92 Å². The molecule has 1 aromatic carbocycles. The van der Waals surface area contributed by atoms with E-state index in [1.807, 2.05) is 18.2 Å². The fourth-order valence-electron chi connectivity index (χ4n) is 2.38.